The van der Waals surface area contributed by atoms with E-state index in [-0.39, 0.29) is 48.2 Å². The molecule has 2 aromatic rings. The summed E-state index contributed by atoms with van der Waals surface area (Å²) in [5, 5.41) is 0. The Labute approximate surface area is 346 Å². The van der Waals surface area contributed by atoms with Gasteiger partial charge in [0, 0.05) is 12.8 Å². The van der Waals surface area contributed by atoms with Crippen molar-refractivity contribution in [2.75, 3.05) is 26.4 Å². The highest BCUT2D eigenvalue weighted by Gasteiger charge is 2.18. The molecule has 2 rings (SSSR count). The Kier molecular flexibility index (Phi) is 29.0. The first-order valence-corrected chi connectivity index (χ1v) is 23.6. The van der Waals surface area contributed by atoms with Crippen LogP contribution in [-0.4, -0.2) is 46.8 Å². The van der Waals surface area contributed by atoms with Crippen molar-refractivity contribution in [1.82, 2.24) is 0 Å². The summed E-state index contributed by atoms with van der Waals surface area (Å²) in [6.07, 6.45) is 36.2. The minimum Gasteiger partial charge on any atom is -0.490 e. The van der Waals surface area contributed by atoms with Crippen LogP contribution < -0.4 is 9.47 Å². The molecule has 0 spiro atoms. The summed E-state index contributed by atoms with van der Waals surface area (Å²) in [7, 11) is -3.75. The van der Waals surface area contributed by atoms with Crippen molar-refractivity contribution in [1.29, 1.82) is 0 Å². The molecule has 0 aliphatic heterocycles. The average Bonchev–Trinajstić information content (AvgIpc) is 3.22. The predicted octanol–water partition coefficient (Wildman–Crippen LogP) is 12.9. The highest BCUT2D eigenvalue weighted by Crippen LogP contribution is 2.25. The molecule has 9 heteroatoms. The van der Waals surface area contributed by atoms with Crippen LogP contribution in [0.15, 0.2) is 82.6 Å². The third kappa shape index (κ3) is 25.4. The van der Waals surface area contributed by atoms with Crippen molar-refractivity contribution in [3.63, 3.8) is 0 Å². The summed E-state index contributed by atoms with van der Waals surface area (Å²) in [6, 6.07) is 12.4. The van der Waals surface area contributed by atoms with Gasteiger partial charge in [0.05, 0.1) is 9.79 Å². The first kappa shape index (κ1) is 49.6. The van der Waals surface area contributed by atoms with Crippen molar-refractivity contribution in [2.24, 2.45) is 0 Å². The maximum atomic E-state index is 13.2. The maximum Gasteiger partial charge on any atom is 0.305 e. The smallest absolute Gasteiger partial charge is 0.305 e. The predicted molar refractivity (Wildman–Crippen MR) is 232 cm³/mol. The molecule has 0 aliphatic rings. The second-order valence-corrected chi connectivity index (χ2v) is 16.8. The average molecular weight is 811 g/mol. The quantitative estimate of drug-likeness (QED) is 0.0381. The van der Waals surface area contributed by atoms with Gasteiger partial charge in [0.1, 0.15) is 37.9 Å². The van der Waals surface area contributed by atoms with E-state index in [9.17, 15) is 18.0 Å². The van der Waals surface area contributed by atoms with Crippen LogP contribution in [-0.2, 0) is 28.9 Å². The maximum absolute atomic E-state index is 13.2. The molecule has 0 saturated carbocycles. The molecule has 320 valence electrons. The molecule has 0 fully saturated rings. The fraction of sp³-hybridized carbons (Fsp3) is 0.625. The topological polar surface area (TPSA) is 105 Å². The lowest BCUT2D eigenvalue weighted by atomic mass is 10.1. The van der Waals surface area contributed by atoms with Crippen LogP contribution in [0.4, 0.5) is 0 Å². The van der Waals surface area contributed by atoms with Gasteiger partial charge in [-0.25, -0.2) is 8.42 Å². The van der Waals surface area contributed by atoms with Gasteiger partial charge in [0.2, 0.25) is 9.84 Å². The number of unbranched alkanes of at least 4 members (excludes halogenated alkanes) is 20. The number of esters is 2. The van der Waals surface area contributed by atoms with E-state index in [1.807, 2.05) is 0 Å². The van der Waals surface area contributed by atoms with E-state index < -0.39 is 9.84 Å². The lowest BCUT2D eigenvalue weighted by Gasteiger charge is -2.10. The molecular formula is C48H74O8S. The molecule has 8 nitrogen and oxygen atoms in total. The van der Waals surface area contributed by atoms with Crippen LogP contribution in [0.5, 0.6) is 11.5 Å². The summed E-state index contributed by atoms with van der Waals surface area (Å²) in [4.78, 5) is 24.4. The fourth-order valence-corrected chi connectivity index (χ4v) is 7.83. The van der Waals surface area contributed by atoms with Crippen molar-refractivity contribution >= 4 is 21.8 Å². The van der Waals surface area contributed by atoms with E-state index >= 15 is 0 Å². The molecule has 0 radical (unpaired) electrons. The fourth-order valence-electron chi connectivity index (χ4n) is 6.57. The first-order valence-electron chi connectivity index (χ1n) is 22.1. The number of sulfone groups is 1. The Balaban J connectivity index is 1.50. The summed E-state index contributed by atoms with van der Waals surface area (Å²) < 4.78 is 48.3. The minimum atomic E-state index is -3.75. The van der Waals surface area contributed by atoms with Gasteiger partial charge in [-0.05, 0) is 101 Å². The van der Waals surface area contributed by atoms with Gasteiger partial charge in [-0.2, -0.15) is 0 Å². The third-order valence-electron chi connectivity index (χ3n) is 9.97. The molecule has 0 atom stereocenters. The van der Waals surface area contributed by atoms with Crippen molar-refractivity contribution in [3.8, 4) is 11.5 Å². The molecule has 57 heavy (non-hydrogen) atoms. The molecule has 0 N–H and O–H groups in total. The van der Waals surface area contributed by atoms with Crippen molar-refractivity contribution in [3.05, 3.63) is 72.8 Å². The monoisotopic (exact) mass is 811 g/mol. The molecule has 0 bridgehead atoms. The van der Waals surface area contributed by atoms with Gasteiger partial charge in [0.25, 0.3) is 0 Å². The molecule has 0 heterocycles. The molecule has 0 unspecified atom stereocenters. The molecular weight excluding hydrogens is 737 g/mol. The lowest BCUT2D eigenvalue weighted by molar-refractivity contribution is -0.145. The van der Waals surface area contributed by atoms with Crippen LogP contribution >= 0.6 is 0 Å². The number of rotatable bonds is 36. The second-order valence-electron chi connectivity index (χ2n) is 14.9. The molecule has 2 aromatic carbocycles. The zero-order chi connectivity index (χ0) is 41.1. The Morgan fingerprint density at radius 2 is 0.737 bits per heavy atom. The third-order valence-corrected chi connectivity index (χ3v) is 11.8. The van der Waals surface area contributed by atoms with Crippen LogP contribution in [0, 0.1) is 0 Å². The number of carbonyl (C=O) groups is 2. The summed E-state index contributed by atoms with van der Waals surface area (Å²) in [5.74, 6) is 0.552. The standard InChI is InChI=1S/C48H74O8S/c1-3-5-7-9-11-13-15-17-19-21-23-25-27-29-47(49)55-41-39-53-43-31-35-45(36-32-43)57(51,52)46-37-33-44(34-38-46)54-40-42-56-48(50)30-28-26-24-22-20-18-16-14-12-10-8-6-4-2/h3-6,31-38H,7-30,39-42H2,1-2H3/b5-3+,6-4+. The zero-order valence-corrected chi connectivity index (χ0v) is 36.2. The second kappa shape index (κ2) is 33.4. The highest BCUT2D eigenvalue weighted by atomic mass is 32.2. The largest absolute Gasteiger partial charge is 0.490 e. The van der Waals surface area contributed by atoms with E-state index in [1.54, 1.807) is 24.3 Å². The molecule has 0 amide bonds. The number of allylic oxidation sites excluding steroid dienone is 4. The van der Waals surface area contributed by atoms with Crippen LogP contribution in [0.2, 0.25) is 0 Å². The summed E-state index contributed by atoms with van der Waals surface area (Å²) >= 11 is 0. The molecule has 0 aliphatic carbocycles. The summed E-state index contributed by atoms with van der Waals surface area (Å²) in [6.45, 7) is 4.81. The lowest BCUT2D eigenvalue weighted by Crippen LogP contribution is -2.12. The number of benzene rings is 2. The van der Waals surface area contributed by atoms with Gasteiger partial charge in [-0.3, -0.25) is 9.59 Å². The van der Waals surface area contributed by atoms with E-state index in [4.69, 9.17) is 18.9 Å². The molecule has 0 aromatic heterocycles. The number of carbonyl (C=O) groups excluding carboxylic acids is 2. The van der Waals surface area contributed by atoms with Crippen LogP contribution in [0.3, 0.4) is 0 Å². The first-order chi connectivity index (χ1) is 27.9. The van der Waals surface area contributed by atoms with Gasteiger partial charge in [-0.1, -0.05) is 127 Å². The Hall–Kier alpha value is -3.59. The Bertz CT molecular complexity index is 1360. The van der Waals surface area contributed by atoms with Gasteiger partial charge in [-0.15, -0.1) is 0 Å². The number of hydrogen-bond donors (Lipinski definition) is 0. The van der Waals surface area contributed by atoms with Crippen molar-refractivity contribution in [2.45, 2.75) is 178 Å². The van der Waals surface area contributed by atoms with E-state index in [2.05, 4.69) is 38.2 Å². The SMILES string of the molecule is C/C=C/CCCCCCCCCCCCC(=O)OCCOc1ccc(S(=O)(=O)c2ccc(OCCOC(=O)CCCCCCCCCCCC/C=C/C)cc2)cc1. The minimum absolute atomic E-state index is 0.138. The zero-order valence-electron chi connectivity index (χ0n) is 35.4. The van der Waals surface area contributed by atoms with Gasteiger partial charge in [0.15, 0.2) is 0 Å². The van der Waals surface area contributed by atoms with Crippen LogP contribution in [0.1, 0.15) is 168 Å². The van der Waals surface area contributed by atoms with Crippen molar-refractivity contribution < 1.29 is 37.0 Å². The van der Waals surface area contributed by atoms with Gasteiger partial charge >= 0.3 is 11.9 Å². The van der Waals surface area contributed by atoms with E-state index in [0.29, 0.717) is 24.3 Å². The number of hydrogen-bond acceptors (Lipinski definition) is 8. The normalized spacial score (nSPS) is 11.7. The Morgan fingerprint density at radius 1 is 0.439 bits per heavy atom. The van der Waals surface area contributed by atoms with E-state index in [1.165, 1.54) is 127 Å². The number of ether oxygens (including phenoxy) is 4. The molecule has 0 saturated heterocycles. The summed E-state index contributed by atoms with van der Waals surface area (Å²) in [5.41, 5.74) is 0. The Morgan fingerprint density at radius 3 is 1.05 bits per heavy atom. The van der Waals surface area contributed by atoms with E-state index in [0.717, 1.165) is 38.5 Å². The van der Waals surface area contributed by atoms with Crippen LogP contribution in [0.25, 0.3) is 0 Å². The van der Waals surface area contributed by atoms with Gasteiger partial charge < -0.3 is 18.9 Å². The highest BCUT2D eigenvalue weighted by molar-refractivity contribution is 7.91.